The van der Waals surface area contributed by atoms with Crippen molar-refractivity contribution in [3.8, 4) is 0 Å². The van der Waals surface area contributed by atoms with E-state index in [2.05, 4.69) is 47.3 Å². The van der Waals surface area contributed by atoms with Gasteiger partial charge < -0.3 is 5.32 Å². The minimum absolute atomic E-state index is 0.184. The van der Waals surface area contributed by atoms with Gasteiger partial charge in [-0.25, -0.2) is 0 Å². The molecule has 2 rings (SSSR count). The molecule has 1 N–H and O–H groups in total. The first-order valence-corrected chi connectivity index (χ1v) is 7.21. The molecule has 2 aromatic heterocycles. The molecular formula is C17H23N3. The molecule has 0 aliphatic carbocycles. The second kappa shape index (κ2) is 6.62. The highest BCUT2D eigenvalue weighted by Gasteiger charge is 2.16. The molecule has 1 unspecified atom stereocenters. The summed E-state index contributed by atoms with van der Waals surface area (Å²) >= 11 is 0. The van der Waals surface area contributed by atoms with Crippen molar-refractivity contribution in [3.63, 3.8) is 0 Å². The second-order valence-corrected chi connectivity index (χ2v) is 5.30. The van der Waals surface area contributed by atoms with Gasteiger partial charge in [-0.15, -0.1) is 0 Å². The number of nitrogens with zero attached hydrogens (tertiary/aromatic N) is 2. The van der Waals surface area contributed by atoms with Gasteiger partial charge in [-0.3, -0.25) is 9.97 Å². The number of pyridine rings is 2. The highest BCUT2D eigenvalue weighted by molar-refractivity contribution is 5.36. The predicted octanol–water partition coefficient (Wildman–Crippen LogP) is 3.49. The summed E-state index contributed by atoms with van der Waals surface area (Å²) in [6.07, 6.45) is 4.92. The van der Waals surface area contributed by atoms with E-state index in [1.165, 1.54) is 16.7 Å². The standard InChI is InChI=1S/C17H23N3/c1-5-7-19-17(16-11-18-8-6-12(16)2)15-9-13(3)20-14(4)10-15/h6,8-11,17,19H,5,7H2,1-4H3. The number of rotatable bonds is 5. The third-order valence-corrected chi connectivity index (χ3v) is 3.43. The van der Waals surface area contributed by atoms with Gasteiger partial charge in [0, 0.05) is 23.8 Å². The number of aromatic nitrogens is 2. The van der Waals surface area contributed by atoms with Gasteiger partial charge in [-0.1, -0.05) is 6.92 Å². The molecule has 0 aliphatic rings. The third kappa shape index (κ3) is 3.42. The Morgan fingerprint density at radius 3 is 2.45 bits per heavy atom. The molecule has 0 bridgehead atoms. The lowest BCUT2D eigenvalue weighted by molar-refractivity contribution is 0.593. The zero-order valence-electron chi connectivity index (χ0n) is 12.8. The Morgan fingerprint density at radius 2 is 1.85 bits per heavy atom. The zero-order valence-corrected chi connectivity index (χ0v) is 12.8. The van der Waals surface area contributed by atoms with Gasteiger partial charge in [0.05, 0.1) is 6.04 Å². The molecular weight excluding hydrogens is 246 g/mol. The minimum Gasteiger partial charge on any atom is -0.306 e. The van der Waals surface area contributed by atoms with Crippen molar-refractivity contribution in [1.82, 2.24) is 15.3 Å². The summed E-state index contributed by atoms with van der Waals surface area (Å²) in [7, 11) is 0. The summed E-state index contributed by atoms with van der Waals surface area (Å²) in [5.74, 6) is 0. The van der Waals surface area contributed by atoms with E-state index in [9.17, 15) is 0 Å². The molecule has 0 amide bonds. The lowest BCUT2D eigenvalue weighted by atomic mass is 9.96. The summed E-state index contributed by atoms with van der Waals surface area (Å²) in [5, 5.41) is 3.63. The van der Waals surface area contributed by atoms with E-state index in [-0.39, 0.29) is 6.04 Å². The molecule has 0 spiro atoms. The third-order valence-electron chi connectivity index (χ3n) is 3.43. The first-order valence-electron chi connectivity index (χ1n) is 7.21. The number of hydrogen-bond donors (Lipinski definition) is 1. The van der Waals surface area contributed by atoms with Crippen LogP contribution in [0.2, 0.25) is 0 Å². The van der Waals surface area contributed by atoms with E-state index < -0.39 is 0 Å². The van der Waals surface area contributed by atoms with Gasteiger partial charge in [-0.05, 0) is 68.6 Å². The van der Waals surface area contributed by atoms with Crippen LogP contribution in [0, 0.1) is 20.8 Å². The van der Waals surface area contributed by atoms with Crippen LogP contribution in [0.4, 0.5) is 0 Å². The van der Waals surface area contributed by atoms with Crippen LogP contribution in [0.15, 0.2) is 30.6 Å². The van der Waals surface area contributed by atoms with E-state index in [1.54, 1.807) is 0 Å². The summed E-state index contributed by atoms with van der Waals surface area (Å²) < 4.78 is 0. The van der Waals surface area contributed by atoms with Gasteiger partial charge in [0.1, 0.15) is 0 Å². The maximum atomic E-state index is 4.47. The fourth-order valence-corrected chi connectivity index (χ4v) is 2.51. The fraction of sp³-hybridized carbons (Fsp3) is 0.412. The topological polar surface area (TPSA) is 37.8 Å². The smallest absolute Gasteiger partial charge is 0.0595 e. The number of aryl methyl sites for hydroxylation is 3. The predicted molar refractivity (Wildman–Crippen MR) is 82.8 cm³/mol. The molecule has 1 atom stereocenters. The minimum atomic E-state index is 0.184. The average Bonchev–Trinajstić information content (AvgIpc) is 2.40. The fourth-order valence-electron chi connectivity index (χ4n) is 2.51. The molecule has 0 aliphatic heterocycles. The Kier molecular flexibility index (Phi) is 4.85. The molecule has 0 aromatic carbocycles. The first-order chi connectivity index (χ1) is 9.61. The monoisotopic (exact) mass is 269 g/mol. The maximum absolute atomic E-state index is 4.47. The van der Waals surface area contributed by atoms with Gasteiger partial charge >= 0.3 is 0 Å². The SMILES string of the molecule is CCCNC(c1cc(C)nc(C)c1)c1cnccc1C. The molecule has 0 radical (unpaired) electrons. The Hall–Kier alpha value is -1.74. The van der Waals surface area contributed by atoms with E-state index in [1.807, 2.05) is 26.2 Å². The van der Waals surface area contributed by atoms with Gasteiger partial charge in [0.2, 0.25) is 0 Å². The van der Waals surface area contributed by atoms with Crippen LogP contribution in [-0.2, 0) is 0 Å². The van der Waals surface area contributed by atoms with Crippen molar-refractivity contribution in [2.75, 3.05) is 6.54 Å². The lowest BCUT2D eigenvalue weighted by Crippen LogP contribution is -2.24. The highest BCUT2D eigenvalue weighted by atomic mass is 14.9. The van der Waals surface area contributed by atoms with E-state index >= 15 is 0 Å². The van der Waals surface area contributed by atoms with E-state index in [0.717, 1.165) is 24.4 Å². The molecule has 0 fully saturated rings. The van der Waals surface area contributed by atoms with Crippen LogP contribution >= 0.6 is 0 Å². The lowest BCUT2D eigenvalue weighted by Gasteiger charge is -2.21. The van der Waals surface area contributed by atoms with Crippen molar-refractivity contribution in [2.45, 2.75) is 40.2 Å². The summed E-state index contributed by atoms with van der Waals surface area (Å²) in [6.45, 7) is 9.40. The highest BCUT2D eigenvalue weighted by Crippen LogP contribution is 2.25. The summed E-state index contributed by atoms with van der Waals surface area (Å²) in [6, 6.07) is 6.57. The molecule has 3 nitrogen and oxygen atoms in total. The molecule has 2 heterocycles. The Labute approximate surface area is 121 Å². The van der Waals surface area contributed by atoms with Crippen molar-refractivity contribution >= 4 is 0 Å². The normalized spacial score (nSPS) is 12.4. The van der Waals surface area contributed by atoms with E-state index in [4.69, 9.17) is 0 Å². The van der Waals surface area contributed by atoms with Crippen LogP contribution in [-0.4, -0.2) is 16.5 Å². The first kappa shape index (κ1) is 14.7. The molecule has 0 saturated heterocycles. The summed E-state index contributed by atoms with van der Waals surface area (Å²) in [4.78, 5) is 8.76. The van der Waals surface area contributed by atoms with Crippen molar-refractivity contribution in [3.05, 3.63) is 58.7 Å². The number of nitrogens with one attached hydrogen (secondary N) is 1. The Bertz CT molecular complexity index is 558. The zero-order chi connectivity index (χ0) is 14.5. The van der Waals surface area contributed by atoms with Crippen LogP contribution in [0.5, 0.6) is 0 Å². The van der Waals surface area contributed by atoms with E-state index in [0.29, 0.717) is 0 Å². The van der Waals surface area contributed by atoms with Crippen LogP contribution in [0.3, 0.4) is 0 Å². The molecule has 20 heavy (non-hydrogen) atoms. The van der Waals surface area contributed by atoms with Crippen LogP contribution < -0.4 is 5.32 Å². The Morgan fingerprint density at radius 1 is 1.15 bits per heavy atom. The van der Waals surface area contributed by atoms with Gasteiger partial charge in [0.25, 0.3) is 0 Å². The van der Waals surface area contributed by atoms with Crippen molar-refractivity contribution in [1.29, 1.82) is 0 Å². The van der Waals surface area contributed by atoms with Crippen LogP contribution in [0.1, 0.15) is 47.5 Å². The summed E-state index contributed by atoms with van der Waals surface area (Å²) in [5.41, 5.74) is 5.89. The van der Waals surface area contributed by atoms with Gasteiger partial charge in [-0.2, -0.15) is 0 Å². The molecule has 106 valence electrons. The van der Waals surface area contributed by atoms with Crippen molar-refractivity contribution in [2.24, 2.45) is 0 Å². The van der Waals surface area contributed by atoms with Gasteiger partial charge in [0.15, 0.2) is 0 Å². The van der Waals surface area contributed by atoms with Crippen molar-refractivity contribution < 1.29 is 0 Å². The largest absolute Gasteiger partial charge is 0.306 e. The second-order valence-electron chi connectivity index (χ2n) is 5.30. The molecule has 3 heteroatoms. The quantitative estimate of drug-likeness (QED) is 0.903. The maximum Gasteiger partial charge on any atom is 0.0595 e. The Balaban J connectivity index is 2.44. The van der Waals surface area contributed by atoms with Crippen LogP contribution in [0.25, 0.3) is 0 Å². The molecule has 2 aromatic rings. The molecule has 0 saturated carbocycles. The average molecular weight is 269 g/mol. The number of hydrogen-bond acceptors (Lipinski definition) is 3.